The van der Waals surface area contributed by atoms with E-state index in [1.165, 1.54) is 18.5 Å². The summed E-state index contributed by atoms with van der Waals surface area (Å²) in [6.45, 7) is 6.71. The van der Waals surface area contributed by atoms with Crippen molar-refractivity contribution < 1.29 is 0 Å². The minimum atomic E-state index is -1.05. The van der Waals surface area contributed by atoms with Crippen LogP contribution in [0.25, 0.3) is 0 Å². The van der Waals surface area contributed by atoms with Crippen molar-refractivity contribution in [1.29, 1.82) is 0 Å². The second-order valence-corrected chi connectivity index (χ2v) is 21.2. The summed E-state index contributed by atoms with van der Waals surface area (Å²) in [7, 11) is 0. The summed E-state index contributed by atoms with van der Waals surface area (Å²) in [6, 6.07) is 0. The second-order valence-electron chi connectivity index (χ2n) is 14.6. The first-order valence-corrected chi connectivity index (χ1v) is 18.6. The average molecular weight is 459 g/mol. The van der Waals surface area contributed by atoms with Gasteiger partial charge in [0.1, 0.15) is 0 Å². The molecule has 0 aromatic heterocycles. The van der Waals surface area contributed by atoms with E-state index in [1.54, 1.807) is 102 Å². The van der Waals surface area contributed by atoms with Crippen LogP contribution in [-0.2, 0) is 0 Å². The number of hydrogen-bond donors (Lipinski definition) is 0. The van der Waals surface area contributed by atoms with E-state index < -0.39 is 6.60 Å². The zero-order valence-corrected chi connectivity index (χ0v) is 22.8. The van der Waals surface area contributed by atoms with Gasteiger partial charge in [0, 0.05) is 0 Å². The summed E-state index contributed by atoms with van der Waals surface area (Å²) in [4.78, 5) is 0. The third-order valence-electron chi connectivity index (χ3n) is 13.5. The van der Waals surface area contributed by atoms with E-state index in [1.807, 2.05) is 0 Å². The monoisotopic (exact) mass is 458 g/mol. The van der Waals surface area contributed by atoms with Crippen molar-refractivity contribution in [3.05, 3.63) is 0 Å². The Bertz CT molecular complexity index is 634. The van der Waals surface area contributed by atoms with Gasteiger partial charge in [0.05, 0.1) is 0 Å². The Balaban J connectivity index is 1.15. The molecule has 2 aliphatic heterocycles. The molecule has 0 amide bonds. The van der Waals surface area contributed by atoms with Gasteiger partial charge in [0.15, 0.2) is 0 Å². The fraction of sp³-hybridized carbons (Fsp3) is 1.00. The number of rotatable bonds is 11. The molecule has 0 aromatic rings. The van der Waals surface area contributed by atoms with Crippen LogP contribution in [0, 0.1) is 53.3 Å². The van der Waals surface area contributed by atoms with Crippen molar-refractivity contribution in [2.24, 2.45) is 53.3 Å². The van der Waals surface area contributed by atoms with Crippen LogP contribution < -0.4 is 0 Å². The van der Waals surface area contributed by atoms with Crippen LogP contribution >= 0.6 is 6.60 Å². The molecule has 0 bridgehead atoms. The molecule has 1 spiro atoms. The molecule has 0 radical (unpaired) electrons. The molecule has 4 saturated carbocycles. The van der Waals surface area contributed by atoms with Gasteiger partial charge in [-0.25, -0.2) is 0 Å². The van der Waals surface area contributed by atoms with Gasteiger partial charge in [-0.2, -0.15) is 0 Å². The molecule has 1 heteroatoms. The van der Waals surface area contributed by atoms with Crippen molar-refractivity contribution in [2.75, 3.05) is 24.6 Å². The van der Waals surface area contributed by atoms with Gasteiger partial charge < -0.3 is 0 Å². The SMILES string of the molecule is CCC(CC1CC(P23(CCC2)CCC3)C1)C(C1CCC1)C(CC)C(C1CCC1)C1CC1C. The van der Waals surface area contributed by atoms with E-state index in [0.717, 1.165) is 53.3 Å². The van der Waals surface area contributed by atoms with Crippen LogP contribution in [0.4, 0.5) is 0 Å². The topological polar surface area (TPSA) is 0 Å². The van der Waals surface area contributed by atoms with E-state index in [0.29, 0.717) is 0 Å². The standard InChI is InChI=1S/C31H55P/c1-4-24(19-23-20-27(21-23)32(14-8-15-32)16-9-17-32)30(25-10-6-11-25)28(5-2)31(26-12-7-13-26)29-18-22(29)3/h22-31H,4-21H2,1-3H3. The van der Waals surface area contributed by atoms with Gasteiger partial charge in [-0.3, -0.25) is 0 Å². The second kappa shape index (κ2) is 8.52. The fourth-order valence-corrected chi connectivity index (χ4v) is 18.0. The molecule has 6 rings (SSSR count). The maximum absolute atomic E-state index is 2.60. The van der Waals surface area contributed by atoms with Gasteiger partial charge in [-0.05, 0) is 0 Å². The van der Waals surface area contributed by atoms with E-state index >= 15 is 0 Å². The molecule has 184 valence electrons. The Labute approximate surface area is 200 Å². The molecule has 6 unspecified atom stereocenters. The third-order valence-corrected chi connectivity index (χ3v) is 22.1. The van der Waals surface area contributed by atoms with Gasteiger partial charge in [-0.1, -0.05) is 0 Å². The van der Waals surface area contributed by atoms with Crippen LogP contribution in [0.3, 0.4) is 0 Å². The minimum absolute atomic E-state index is 1.05. The molecular formula is C31H55P. The zero-order valence-electron chi connectivity index (χ0n) is 21.9. The first-order valence-electron chi connectivity index (χ1n) is 15.6. The molecule has 2 heterocycles. The van der Waals surface area contributed by atoms with Crippen LogP contribution in [0.15, 0.2) is 0 Å². The number of hydrogen-bond acceptors (Lipinski definition) is 0. The summed E-state index contributed by atoms with van der Waals surface area (Å²) in [5.41, 5.74) is 1.27. The Morgan fingerprint density at radius 3 is 1.72 bits per heavy atom. The van der Waals surface area contributed by atoms with Crippen LogP contribution in [0.5, 0.6) is 0 Å². The first-order chi connectivity index (χ1) is 15.6. The van der Waals surface area contributed by atoms with Gasteiger partial charge in [0.2, 0.25) is 0 Å². The molecule has 2 saturated heterocycles. The molecule has 4 aliphatic carbocycles. The molecule has 32 heavy (non-hydrogen) atoms. The molecule has 0 N–H and O–H groups in total. The van der Waals surface area contributed by atoms with Crippen molar-refractivity contribution in [2.45, 2.75) is 116 Å². The molecule has 6 fully saturated rings. The maximum atomic E-state index is 2.60. The van der Waals surface area contributed by atoms with Crippen molar-refractivity contribution >= 4 is 6.60 Å². The summed E-state index contributed by atoms with van der Waals surface area (Å²) >= 11 is 0. The van der Waals surface area contributed by atoms with Crippen LogP contribution in [-0.4, -0.2) is 30.3 Å². The Hall–Kier alpha value is 0.430. The molecule has 6 aliphatic rings. The predicted octanol–water partition coefficient (Wildman–Crippen LogP) is 9.06. The normalized spacial score (nSPS) is 42.5. The van der Waals surface area contributed by atoms with E-state index in [4.69, 9.17) is 0 Å². The average Bonchev–Trinajstić information content (AvgIpc) is 3.33. The molecule has 0 nitrogen and oxygen atoms in total. The van der Waals surface area contributed by atoms with Crippen LogP contribution in [0.2, 0.25) is 0 Å². The van der Waals surface area contributed by atoms with Crippen molar-refractivity contribution in [3.8, 4) is 0 Å². The summed E-state index contributed by atoms with van der Waals surface area (Å²) in [6.07, 6.45) is 29.2. The predicted molar refractivity (Wildman–Crippen MR) is 143 cm³/mol. The van der Waals surface area contributed by atoms with E-state index in [2.05, 4.69) is 20.8 Å². The molecule has 6 atom stereocenters. The summed E-state index contributed by atoms with van der Waals surface area (Å²) in [5, 5.41) is 0. The van der Waals surface area contributed by atoms with Gasteiger partial charge in [-0.15, -0.1) is 0 Å². The quantitative estimate of drug-likeness (QED) is 0.271. The van der Waals surface area contributed by atoms with Crippen molar-refractivity contribution in [3.63, 3.8) is 0 Å². The first kappa shape index (κ1) is 22.9. The van der Waals surface area contributed by atoms with Gasteiger partial charge >= 0.3 is 201 Å². The van der Waals surface area contributed by atoms with E-state index in [-0.39, 0.29) is 0 Å². The zero-order chi connectivity index (χ0) is 21.9. The Morgan fingerprint density at radius 2 is 1.34 bits per heavy atom. The Morgan fingerprint density at radius 1 is 0.750 bits per heavy atom. The molecule has 0 aromatic carbocycles. The van der Waals surface area contributed by atoms with Gasteiger partial charge in [0.25, 0.3) is 0 Å². The van der Waals surface area contributed by atoms with Crippen molar-refractivity contribution in [1.82, 2.24) is 0 Å². The Kier molecular flexibility index (Phi) is 6.09. The van der Waals surface area contributed by atoms with Crippen LogP contribution in [0.1, 0.15) is 111 Å². The summed E-state index contributed by atoms with van der Waals surface area (Å²) in [5.74, 6) is 9.84. The third kappa shape index (κ3) is 3.53. The molecular weight excluding hydrogens is 403 g/mol. The summed E-state index contributed by atoms with van der Waals surface area (Å²) < 4.78 is 0. The fourth-order valence-electron chi connectivity index (χ4n) is 10.7. The van der Waals surface area contributed by atoms with E-state index in [9.17, 15) is 0 Å².